The van der Waals surface area contributed by atoms with Crippen LogP contribution in [0.5, 0.6) is 0 Å². The topological polar surface area (TPSA) is 70.9 Å². The fraction of sp³-hybridized carbons (Fsp3) is 0.550. The third kappa shape index (κ3) is 4.44. The smallest absolute Gasteiger partial charge is 0.261 e. The molecule has 0 saturated carbocycles. The van der Waals surface area contributed by atoms with Crippen LogP contribution in [-0.4, -0.2) is 90.7 Å². The van der Waals surface area contributed by atoms with Crippen LogP contribution in [-0.2, 0) is 16.1 Å². The minimum atomic E-state index is -2.60. The number of morpholine rings is 1. The highest BCUT2D eigenvalue weighted by Gasteiger charge is 2.27. The Morgan fingerprint density at radius 3 is 2.67 bits per heavy atom. The predicted octanol–water partition coefficient (Wildman–Crippen LogP) is 0.641. The highest BCUT2D eigenvalue weighted by Crippen LogP contribution is 2.21. The molecule has 4 rings (SSSR count). The van der Waals surface area contributed by atoms with Gasteiger partial charge in [0.1, 0.15) is 6.61 Å². The molecule has 10 heteroatoms. The molecule has 1 atom stereocenters. The van der Waals surface area contributed by atoms with Gasteiger partial charge < -0.3 is 14.5 Å². The summed E-state index contributed by atoms with van der Waals surface area (Å²) in [7, 11) is 1.80. The van der Waals surface area contributed by atoms with E-state index in [9.17, 15) is 18.4 Å². The first-order valence-electron chi connectivity index (χ1n) is 10.0. The number of nitrogens with zero attached hydrogens (tertiary/aromatic N) is 5. The molecule has 2 aliphatic rings. The number of ether oxygens (including phenoxy) is 1. The number of halogens is 2. The van der Waals surface area contributed by atoms with Crippen molar-refractivity contribution < 1.29 is 18.3 Å². The van der Waals surface area contributed by atoms with E-state index in [4.69, 9.17) is 4.74 Å². The van der Waals surface area contributed by atoms with Crippen molar-refractivity contribution in [2.45, 2.75) is 19.1 Å². The molecule has 1 aromatic heterocycles. The minimum absolute atomic E-state index is 0.0157. The summed E-state index contributed by atoms with van der Waals surface area (Å²) in [6.07, 6.45) is -1.39. The minimum Gasteiger partial charge on any atom is -0.369 e. The van der Waals surface area contributed by atoms with Gasteiger partial charge in [-0.2, -0.15) is 0 Å². The van der Waals surface area contributed by atoms with Gasteiger partial charge in [0.2, 0.25) is 5.91 Å². The van der Waals surface area contributed by atoms with Crippen molar-refractivity contribution >= 4 is 22.5 Å². The summed E-state index contributed by atoms with van der Waals surface area (Å²) in [6.45, 7) is 4.24. The van der Waals surface area contributed by atoms with Crippen LogP contribution in [0.3, 0.4) is 0 Å². The maximum Gasteiger partial charge on any atom is 0.261 e. The lowest BCUT2D eigenvalue weighted by atomic mass is 10.2. The van der Waals surface area contributed by atoms with E-state index in [1.165, 1.54) is 6.33 Å². The molecule has 1 unspecified atom stereocenters. The van der Waals surface area contributed by atoms with Crippen LogP contribution in [0.1, 0.15) is 0 Å². The van der Waals surface area contributed by atoms with Crippen LogP contribution >= 0.6 is 0 Å². The molecule has 0 bridgehead atoms. The number of amides is 1. The Kier molecular flexibility index (Phi) is 5.96. The van der Waals surface area contributed by atoms with Gasteiger partial charge in [0, 0.05) is 52.0 Å². The van der Waals surface area contributed by atoms with E-state index in [1.807, 2.05) is 12.1 Å². The Labute approximate surface area is 172 Å². The van der Waals surface area contributed by atoms with E-state index in [0.717, 1.165) is 43.0 Å². The monoisotopic (exact) mass is 421 g/mol. The van der Waals surface area contributed by atoms with E-state index < -0.39 is 18.5 Å². The van der Waals surface area contributed by atoms with Crippen LogP contribution in [0.2, 0.25) is 0 Å². The van der Waals surface area contributed by atoms with Crippen LogP contribution in [0.4, 0.5) is 14.5 Å². The Bertz CT molecular complexity index is 975. The number of alkyl halides is 2. The summed E-state index contributed by atoms with van der Waals surface area (Å²) in [5, 5.41) is 0.341. The molecular weight excluding hydrogens is 396 g/mol. The van der Waals surface area contributed by atoms with Gasteiger partial charge in [0.25, 0.3) is 12.0 Å². The van der Waals surface area contributed by atoms with Gasteiger partial charge in [-0.15, -0.1) is 0 Å². The molecule has 3 heterocycles. The number of aromatic nitrogens is 2. The molecule has 2 aliphatic heterocycles. The number of carbonyl (C=O) groups is 1. The second kappa shape index (κ2) is 8.65. The number of benzene rings is 1. The van der Waals surface area contributed by atoms with Crippen molar-refractivity contribution in [3.63, 3.8) is 0 Å². The number of anilines is 1. The lowest BCUT2D eigenvalue weighted by molar-refractivity contribution is -0.147. The summed E-state index contributed by atoms with van der Waals surface area (Å²) < 4.78 is 31.8. The molecule has 1 aromatic carbocycles. The van der Waals surface area contributed by atoms with Gasteiger partial charge in [-0.05, 0) is 18.2 Å². The second-order valence-corrected chi connectivity index (χ2v) is 7.79. The maximum absolute atomic E-state index is 12.6. The molecule has 2 saturated heterocycles. The molecule has 0 aliphatic carbocycles. The van der Waals surface area contributed by atoms with Crippen molar-refractivity contribution in [2.24, 2.45) is 0 Å². The predicted molar refractivity (Wildman–Crippen MR) is 108 cm³/mol. The van der Waals surface area contributed by atoms with Gasteiger partial charge in [-0.1, -0.05) is 0 Å². The molecule has 0 N–H and O–H groups in total. The van der Waals surface area contributed by atoms with Crippen LogP contribution in [0, 0.1) is 0 Å². The van der Waals surface area contributed by atoms with Gasteiger partial charge in [0.15, 0.2) is 0 Å². The van der Waals surface area contributed by atoms with E-state index in [2.05, 4.69) is 14.8 Å². The number of fused-ring (bicyclic) bond motifs is 1. The van der Waals surface area contributed by atoms with Gasteiger partial charge in [-0.3, -0.25) is 19.1 Å². The first-order chi connectivity index (χ1) is 14.4. The maximum atomic E-state index is 12.6. The summed E-state index contributed by atoms with van der Waals surface area (Å²) in [5.41, 5.74) is 1.02. The molecule has 2 aromatic rings. The van der Waals surface area contributed by atoms with E-state index in [1.54, 1.807) is 18.0 Å². The zero-order valence-corrected chi connectivity index (χ0v) is 16.8. The number of likely N-dealkylation sites (N-methyl/N-ethyl adjacent to an activating group) is 1. The standard InChI is InChI=1S/C20H25F2N5O3/c1-24-9-15(30-12-19(24)28)10-25-4-6-26(7-5-25)14-2-3-16-17(8-14)23-13-27(20(16)29)11-18(21)22/h2-3,8,13,15,18H,4-7,9-12H2,1H3. The second-order valence-electron chi connectivity index (χ2n) is 7.79. The summed E-state index contributed by atoms with van der Waals surface area (Å²) >= 11 is 0. The Hall–Kier alpha value is -2.59. The summed E-state index contributed by atoms with van der Waals surface area (Å²) in [6, 6.07) is 5.35. The highest BCUT2D eigenvalue weighted by molar-refractivity contribution is 5.81. The molecule has 1 amide bonds. The SMILES string of the molecule is CN1CC(CN2CCN(c3ccc4c(=O)n(CC(F)F)cnc4c3)CC2)OCC1=O. The zero-order chi connectivity index (χ0) is 21.3. The molecule has 2 fully saturated rings. The van der Waals surface area contributed by atoms with Crippen LogP contribution < -0.4 is 10.5 Å². The number of rotatable bonds is 5. The highest BCUT2D eigenvalue weighted by atomic mass is 19.3. The van der Waals surface area contributed by atoms with Crippen molar-refractivity contribution in [3.8, 4) is 0 Å². The first-order valence-corrected chi connectivity index (χ1v) is 10.0. The number of hydrogen-bond donors (Lipinski definition) is 0. The van der Waals surface area contributed by atoms with Gasteiger partial charge in [0.05, 0.1) is 29.9 Å². The molecule has 8 nitrogen and oxygen atoms in total. The quantitative estimate of drug-likeness (QED) is 0.706. The Morgan fingerprint density at radius 2 is 1.97 bits per heavy atom. The molecule has 0 spiro atoms. The molecule has 162 valence electrons. The third-order valence-electron chi connectivity index (χ3n) is 5.69. The largest absolute Gasteiger partial charge is 0.369 e. The van der Waals surface area contributed by atoms with Crippen LogP contribution in [0.25, 0.3) is 10.9 Å². The fourth-order valence-electron chi connectivity index (χ4n) is 3.97. The lowest BCUT2D eigenvalue weighted by Gasteiger charge is -2.39. The Balaban J connectivity index is 1.38. The van der Waals surface area contributed by atoms with Gasteiger partial charge in [-0.25, -0.2) is 13.8 Å². The molecule has 0 radical (unpaired) electrons. The van der Waals surface area contributed by atoms with Crippen molar-refractivity contribution in [2.75, 3.05) is 57.8 Å². The normalized spacial score (nSPS) is 21.1. The van der Waals surface area contributed by atoms with E-state index in [-0.39, 0.29) is 18.6 Å². The number of piperazine rings is 1. The Morgan fingerprint density at radius 1 is 1.20 bits per heavy atom. The zero-order valence-electron chi connectivity index (χ0n) is 16.8. The summed E-state index contributed by atoms with van der Waals surface area (Å²) in [5.74, 6) is 0.0157. The third-order valence-corrected chi connectivity index (χ3v) is 5.69. The van der Waals surface area contributed by atoms with E-state index >= 15 is 0 Å². The molecular formula is C20H25F2N5O3. The lowest BCUT2D eigenvalue weighted by Crippen LogP contribution is -2.53. The van der Waals surface area contributed by atoms with Gasteiger partial charge >= 0.3 is 0 Å². The fourth-order valence-corrected chi connectivity index (χ4v) is 3.97. The average Bonchev–Trinajstić information content (AvgIpc) is 2.73. The van der Waals surface area contributed by atoms with Crippen LogP contribution in [0.15, 0.2) is 29.3 Å². The number of carbonyl (C=O) groups excluding carboxylic acids is 1. The summed E-state index contributed by atoms with van der Waals surface area (Å²) in [4.78, 5) is 34.4. The molecule has 30 heavy (non-hydrogen) atoms. The van der Waals surface area contributed by atoms with Crippen molar-refractivity contribution in [1.82, 2.24) is 19.4 Å². The van der Waals surface area contributed by atoms with E-state index in [0.29, 0.717) is 17.4 Å². The average molecular weight is 421 g/mol. The first kappa shape index (κ1) is 20.7. The van der Waals surface area contributed by atoms with Crippen molar-refractivity contribution in [1.29, 1.82) is 0 Å². The van der Waals surface area contributed by atoms with Crippen molar-refractivity contribution in [3.05, 3.63) is 34.9 Å². The number of hydrogen-bond acceptors (Lipinski definition) is 6.